The lowest BCUT2D eigenvalue weighted by atomic mass is 9.91. The molecule has 0 aromatic carbocycles. The number of carbonyl (C=O) groups excluding carboxylic acids is 1. The van der Waals surface area contributed by atoms with Gasteiger partial charge in [-0.05, 0) is 26.2 Å². The van der Waals surface area contributed by atoms with E-state index in [2.05, 4.69) is 5.10 Å². The predicted molar refractivity (Wildman–Crippen MR) is 62.0 cm³/mol. The molecule has 2 N–H and O–H groups in total. The molecule has 1 saturated carbocycles. The van der Waals surface area contributed by atoms with Crippen LogP contribution in [-0.4, -0.2) is 33.7 Å². The molecular formula is C11H18N4O. The summed E-state index contributed by atoms with van der Waals surface area (Å²) in [4.78, 5) is 14.0. The van der Waals surface area contributed by atoms with Gasteiger partial charge in [-0.15, -0.1) is 0 Å². The maximum Gasteiger partial charge on any atom is 0.274 e. The summed E-state index contributed by atoms with van der Waals surface area (Å²) in [5.41, 5.74) is 6.78. The van der Waals surface area contributed by atoms with E-state index in [1.165, 1.54) is 6.42 Å². The van der Waals surface area contributed by atoms with Gasteiger partial charge in [-0.25, -0.2) is 0 Å². The number of anilines is 1. The van der Waals surface area contributed by atoms with Crippen LogP contribution in [0.3, 0.4) is 0 Å². The number of nitrogens with zero attached hydrogens (tertiary/aromatic N) is 3. The van der Waals surface area contributed by atoms with Crippen LogP contribution in [0.25, 0.3) is 0 Å². The lowest BCUT2D eigenvalue weighted by Gasteiger charge is -2.34. The molecule has 1 aliphatic carbocycles. The minimum Gasteiger partial charge on any atom is -0.396 e. The van der Waals surface area contributed by atoms with E-state index in [9.17, 15) is 4.79 Å². The molecule has 1 aromatic rings. The summed E-state index contributed by atoms with van der Waals surface area (Å²) in [7, 11) is 1.85. The number of hydrogen-bond donors (Lipinski definition) is 1. The molecular weight excluding hydrogens is 204 g/mol. The highest BCUT2D eigenvalue weighted by atomic mass is 16.2. The Bertz CT molecular complexity index is 395. The van der Waals surface area contributed by atoms with Gasteiger partial charge >= 0.3 is 0 Å². The molecule has 5 heteroatoms. The number of aromatic nitrogens is 2. The standard InChI is InChI=1S/C11H18N4O/c1-3-15-10(9(12)7-13-15)11(16)14(2)8-5-4-6-8/h7-8H,3-6,12H2,1-2H3. The van der Waals surface area contributed by atoms with Crippen LogP contribution in [0.15, 0.2) is 6.20 Å². The van der Waals surface area contributed by atoms with Crippen molar-refractivity contribution in [3.63, 3.8) is 0 Å². The molecule has 0 saturated heterocycles. The first-order valence-electron chi connectivity index (χ1n) is 5.73. The Hall–Kier alpha value is -1.52. The fraction of sp³-hybridized carbons (Fsp3) is 0.636. The molecule has 1 aromatic heterocycles. The first-order valence-corrected chi connectivity index (χ1v) is 5.73. The van der Waals surface area contributed by atoms with Crippen LogP contribution >= 0.6 is 0 Å². The summed E-state index contributed by atoms with van der Waals surface area (Å²) in [5, 5.41) is 4.09. The van der Waals surface area contributed by atoms with Gasteiger partial charge in [-0.3, -0.25) is 9.48 Å². The topological polar surface area (TPSA) is 64.2 Å². The maximum absolute atomic E-state index is 12.2. The Labute approximate surface area is 95.2 Å². The molecule has 0 atom stereocenters. The Morgan fingerprint density at radius 2 is 2.38 bits per heavy atom. The van der Waals surface area contributed by atoms with Crippen molar-refractivity contribution < 1.29 is 4.79 Å². The van der Waals surface area contributed by atoms with E-state index in [1.807, 2.05) is 14.0 Å². The van der Waals surface area contributed by atoms with E-state index in [1.54, 1.807) is 15.8 Å². The normalized spacial score (nSPS) is 15.9. The molecule has 0 radical (unpaired) electrons. The number of nitrogens with two attached hydrogens (primary N) is 1. The summed E-state index contributed by atoms with van der Waals surface area (Å²) in [6, 6.07) is 0.382. The zero-order chi connectivity index (χ0) is 11.7. The summed E-state index contributed by atoms with van der Waals surface area (Å²) in [6.07, 6.45) is 4.96. The molecule has 16 heavy (non-hydrogen) atoms. The van der Waals surface area contributed by atoms with E-state index in [4.69, 9.17) is 5.73 Å². The van der Waals surface area contributed by atoms with E-state index in [0.717, 1.165) is 12.8 Å². The molecule has 5 nitrogen and oxygen atoms in total. The smallest absolute Gasteiger partial charge is 0.274 e. The van der Waals surface area contributed by atoms with E-state index >= 15 is 0 Å². The number of aryl methyl sites for hydroxylation is 1. The molecule has 88 valence electrons. The summed E-state index contributed by atoms with van der Waals surface area (Å²) >= 11 is 0. The van der Waals surface area contributed by atoms with Crippen molar-refractivity contribution in [3.05, 3.63) is 11.9 Å². The molecule has 1 heterocycles. The van der Waals surface area contributed by atoms with Gasteiger partial charge in [0.1, 0.15) is 5.69 Å². The van der Waals surface area contributed by atoms with Gasteiger partial charge in [0.05, 0.1) is 11.9 Å². The highest BCUT2D eigenvalue weighted by Crippen LogP contribution is 2.25. The van der Waals surface area contributed by atoms with Gasteiger partial charge in [0.2, 0.25) is 0 Å². The number of hydrogen-bond acceptors (Lipinski definition) is 3. The van der Waals surface area contributed by atoms with Crippen LogP contribution in [0.2, 0.25) is 0 Å². The number of carbonyl (C=O) groups is 1. The second-order valence-corrected chi connectivity index (χ2v) is 4.27. The van der Waals surface area contributed by atoms with Crippen molar-refractivity contribution in [2.45, 2.75) is 38.8 Å². The molecule has 1 fully saturated rings. The second kappa shape index (κ2) is 4.15. The summed E-state index contributed by atoms with van der Waals surface area (Å²) < 4.78 is 1.66. The highest BCUT2D eigenvalue weighted by Gasteiger charge is 2.29. The largest absolute Gasteiger partial charge is 0.396 e. The molecule has 0 spiro atoms. The van der Waals surface area contributed by atoms with Crippen molar-refractivity contribution >= 4 is 11.6 Å². The SMILES string of the molecule is CCn1ncc(N)c1C(=O)N(C)C1CCC1. The van der Waals surface area contributed by atoms with Gasteiger partial charge in [0.25, 0.3) is 5.91 Å². The molecule has 2 rings (SSSR count). The number of nitrogen functional groups attached to an aromatic ring is 1. The average molecular weight is 222 g/mol. The van der Waals surface area contributed by atoms with Gasteiger partial charge < -0.3 is 10.6 Å². The van der Waals surface area contributed by atoms with Crippen LogP contribution in [0, 0.1) is 0 Å². The lowest BCUT2D eigenvalue weighted by Crippen LogP contribution is -2.42. The Kier molecular flexibility index (Phi) is 2.85. The first kappa shape index (κ1) is 11.0. The zero-order valence-electron chi connectivity index (χ0n) is 9.81. The van der Waals surface area contributed by atoms with Crippen molar-refractivity contribution in [3.8, 4) is 0 Å². The minimum absolute atomic E-state index is 0.0125. The van der Waals surface area contributed by atoms with Crippen molar-refractivity contribution in [2.24, 2.45) is 0 Å². The van der Waals surface area contributed by atoms with Crippen LogP contribution in [0.1, 0.15) is 36.7 Å². The van der Waals surface area contributed by atoms with Gasteiger partial charge in [-0.2, -0.15) is 5.10 Å². The fourth-order valence-electron chi connectivity index (χ4n) is 1.98. The van der Waals surface area contributed by atoms with E-state index in [-0.39, 0.29) is 5.91 Å². The third-order valence-electron chi connectivity index (χ3n) is 3.31. The zero-order valence-corrected chi connectivity index (χ0v) is 9.81. The minimum atomic E-state index is -0.0125. The number of amides is 1. The fourth-order valence-corrected chi connectivity index (χ4v) is 1.98. The highest BCUT2D eigenvalue weighted by molar-refractivity contribution is 5.97. The molecule has 0 aliphatic heterocycles. The monoisotopic (exact) mass is 222 g/mol. The molecule has 1 aliphatic rings. The summed E-state index contributed by atoms with van der Waals surface area (Å²) in [6.45, 7) is 2.61. The third-order valence-corrected chi connectivity index (χ3v) is 3.31. The van der Waals surface area contributed by atoms with Crippen LogP contribution in [0.4, 0.5) is 5.69 Å². The van der Waals surface area contributed by atoms with Crippen molar-refractivity contribution in [1.82, 2.24) is 14.7 Å². The van der Waals surface area contributed by atoms with E-state index in [0.29, 0.717) is 24.0 Å². The molecule has 0 bridgehead atoms. The first-order chi connectivity index (χ1) is 7.65. The predicted octanol–water partition coefficient (Wildman–Crippen LogP) is 1.11. The summed E-state index contributed by atoms with van der Waals surface area (Å²) in [5.74, 6) is -0.0125. The molecule has 0 unspecified atom stereocenters. The Balaban J connectivity index is 2.21. The van der Waals surface area contributed by atoms with E-state index < -0.39 is 0 Å². The van der Waals surface area contributed by atoms with Gasteiger partial charge in [0, 0.05) is 19.6 Å². The lowest BCUT2D eigenvalue weighted by molar-refractivity contribution is 0.0640. The third kappa shape index (κ3) is 1.66. The van der Waals surface area contributed by atoms with Crippen LogP contribution in [-0.2, 0) is 6.54 Å². The number of rotatable bonds is 3. The quantitative estimate of drug-likeness (QED) is 0.833. The second-order valence-electron chi connectivity index (χ2n) is 4.27. The Morgan fingerprint density at radius 1 is 1.69 bits per heavy atom. The van der Waals surface area contributed by atoms with Gasteiger partial charge in [0.15, 0.2) is 0 Å². The molecule has 1 amide bonds. The van der Waals surface area contributed by atoms with Crippen molar-refractivity contribution in [2.75, 3.05) is 12.8 Å². The van der Waals surface area contributed by atoms with Crippen molar-refractivity contribution in [1.29, 1.82) is 0 Å². The van der Waals surface area contributed by atoms with Crippen LogP contribution < -0.4 is 5.73 Å². The van der Waals surface area contributed by atoms with Gasteiger partial charge in [-0.1, -0.05) is 0 Å². The van der Waals surface area contributed by atoms with Crippen LogP contribution in [0.5, 0.6) is 0 Å². The maximum atomic E-state index is 12.2. The average Bonchev–Trinajstić information content (AvgIpc) is 2.55. The Morgan fingerprint density at radius 3 is 2.88 bits per heavy atom.